The SMILES string of the molecule is C=C1CC(C)(C(=O)O)C(C)C1C. The van der Waals surface area contributed by atoms with Crippen molar-refractivity contribution in [1.82, 2.24) is 0 Å². The van der Waals surface area contributed by atoms with Gasteiger partial charge in [0.05, 0.1) is 5.41 Å². The molecule has 1 rings (SSSR count). The first-order valence-electron chi connectivity index (χ1n) is 4.30. The first-order valence-corrected chi connectivity index (χ1v) is 4.30. The smallest absolute Gasteiger partial charge is 0.309 e. The summed E-state index contributed by atoms with van der Waals surface area (Å²) in [4.78, 5) is 11.0. The van der Waals surface area contributed by atoms with E-state index in [0.717, 1.165) is 5.57 Å². The lowest BCUT2D eigenvalue weighted by Crippen LogP contribution is -2.31. The van der Waals surface area contributed by atoms with Gasteiger partial charge in [-0.2, -0.15) is 0 Å². The minimum absolute atomic E-state index is 0.197. The molecular formula is C10H16O2. The van der Waals surface area contributed by atoms with E-state index in [-0.39, 0.29) is 5.92 Å². The number of hydrogen-bond donors (Lipinski definition) is 1. The molecule has 12 heavy (non-hydrogen) atoms. The van der Waals surface area contributed by atoms with E-state index in [9.17, 15) is 4.79 Å². The largest absolute Gasteiger partial charge is 0.481 e. The molecule has 1 fully saturated rings. The molecular weight excluding hydrogens is 152 g/mol. The van der Waals surface area contributed by atoms with Gasteiger partial charge in [0.2, 0.25) is 0 Å². The molecule has 0 heterocycles. The number of rotatable bonds is 1. The molecule has 1 aliphatic carbocycles. The topological polar surface area (TPSA) is 37.3 Å². The van der Waals surface area contributed by atoms with Crippen molar-refractivity contribution in [2.24, 2.45) is 17.3 Å². The summed E-state index contributed by atoms with van der Waals surface area (Å²) in [6, 6.07) is 0. The van der Waals surface area contributed by atoms with Gasteiger partial charge >= 0.3 is 5.97 Å². The Morgan fingerprint density at radius 3 is 2.33 bits per heavy atom. The molecule has 0 spiro atoms. The molecule has 3 atom stereocenters. The second-order valence-corrected chi connectivity index (χ2v) is 4.13. The molecule has 68 valence electrons. The lowest BCUT2D eigenvalue weighted by molar-refractivity contribution is -0.150. The highest BCUT2D eigenvalue weighted by atomic mass is 16.4. The molecule has 0 radical (unpaired) electrons. The quantitative estimate of drug-likeness (QED) is 0.610. The zero-order valence-corrected chi connectivity index (χ0v) is 7.92. The van der Waals surface area contributed by atoms with Crippen LogP contribution in [0.3, 0.4) is 0 Å². The summed E-state index contributed by atoms with van der Waals surface area (Å²) in [5, 5.41) is 9.04. The second-order valence-electron chi connectivity index (χ2n) is 4.13. The summed E-state index contributed by atoms with van der Waals surface area (Å²) in [7, 11) is 0. The Bertz CT molecular complexity index is 230. The summed E-state index contributed by atoms with van der Waals surface area (Å²) < 4.78 is 0. The molecule has 0 amide bonds. The highest BCUT2D eigenvalue weighted by Crippen LogP contribution is 2.48. The number of carboxylic acids is 1. The monoisotopic (exact) mass is 168 g/mol. The maximum Gasteiger partial charge on any atom is 0.309 e. The standard InChI is InChI=1S/C10H16O2/c1-6-5-10(4,9(11)12)8(3)7(6)2/h7-8H,1,5H2,2-4H3,(H,11,12). The van der Waals surface area contributed by atoms with Crippen LogP contribution in [0.4, 0.5) is 0 Å². The lowest BCUT2D eigenvalue weighted by Gasteiger charge is -2.24. The van der Waals surface area contributed by atoms with Crippen molar-refractivity contribution in [3.63, 3.8) is 0 Å². The summed E-state index contributed by atoms with van der Waals surface area (Å²) in [6.07, 6.45) is 0.630. The highest BCUT2D eigenvalue weighted by molar-refractivity contribution is 5.76. The van der Waals surface area contributed by atoms with Crippen LogP contribution in [0.15, 0.2) is 12.2 Å². The Balaban J connectivity index is 2.97. The Kier molecular flexibility index (Phi) is 2.02. The predicted molar refractivity (Wildman–Crippen MR) is 47.8 cm³/mol. The van der Waals surface area contributed by atoms with Crippen molar-refractivity contribution in [3.8, 4) is 0 Å². The third kappa shape index (κ3) is 1.06. The number of carbonyl (C=O) groups is 1. The normalized spacial score (nSPS) is 41.8. The number of carboxylic acid groups (broad SMARTS) is 1. The molecule has 1 saturated carbocycles. The minimum atomic E-state index is -0.694. The van der Waals surface area contributed by atoms with Crippen LogP contribution in [-0.4, -0.2) is 11.1 Å². The molecule has 0 saturated heterocycles. The molecule has 0 aromatic heterocycles. The summed E-state index contributed by atoms with van der Waals surface area (Å²) in [5.41, 5.74) is 0.489. The average Bonchev–Trinajstić information content (AvgIpc) is 2.17. The minimum Gasteiger partial charge on any atom is -0.481 e. The van der Waals surface area contributed by atoms with Crippen LogP contribution in [0.1, 0.15) is 27.2 Å². The van der Waals surface area contributed by atoms with Crippen molar-refractivity contribution in [3.05, 3.63) is 12.2 Å². The van der Waals surface area contributed by atoms with Gasteiger partial charge in [-0.05, 0) is 25.2 Å². The van der Waals surface area contributed by atoms with Crippen LogP contribution < -0.4 is 0 Å². The van der Waals surface area contributed by atoms with Crippen LogP contribution in [0, 0.1) is 17.3 Å². The maximum atomic E-state index is 11.0. The van der Waals surface area contributed by atoms with E-state index in [1.165, 1.54) is 0 Å². The van der Waals surface area contributed by atoms with Gasteiger partial charge in [0.1, 0.15) is 0 Å². The molecule has 2 heteroatoms. The van der Waals surface area contributed by atoms with Gasteiger partial charge in [-0.15, -0.1) is 0 Å². The molecule has 2 nitrogen and oxygen atoms in total. The zero-order valence-electron chi connectivity index (χ0n) is 7.92. The van der Waals surface area contributed by atoms with E-state index < -0.39 is 11.4 Å². The summed E-state index contributed by atoms with van der Waals surface area (Å²) >= 11 is 0. The van der Waals surface area contributed by atoms with E-state index in [1.807, 2.05) is 13.8 Å². The van der Waals surface area contributed by atoms with Gasteiger partial charge in [0.15, 0.2) is 0 Å². The van der Waals surface area contributed by atoms with Gasteiger partial charge in [0, 0.05) is 0 Å². The first kappa shape index (κ1) is 9.30. The molecule has 1 N–H and O–H groups in total. The maximum absolute atomic E-state index is 11.0. The Morgan fingerprint density at radius 2 is 2.17 bits per heavy atom. The van der Waals surface area contributed by atoms with Crippen LogP contribution >= 0.6 is 0 Å². The van der Waals surface area contributed by atoms with Crippen LogP contribution in [-0.2, 0) is 4.79 Å². The summed E-state index contributed by atoms with van der Waals surface area (Å²) in [6.45, 7) is 9.77. The van der Waals surface area contributed by atoms with Gasteiger partial charge < -0.3 is 5.11 Å². The van der Waals surface area contributed by atoms with Crippen LogP contribution in [0.25, 0.3) is 0 Å². The average molecular weight is 168 g/mol. The predicted octanol–water partition coefficient (Wildman–Crippen LogP) is 2.31. The molecule has 3 unspecified atom stereocenters. The van der Waals surface area contributed by atoms with Crippen molar-refractivity contribution in [2.75, 3.05) is 0 Å². The third-order valence-corrected chi connectivity index (χ3v) is 3.48. The third-order valence-electron chi connectivity index (χ3n) is 3.48. The van der Waals surface area contributed by atoms with E-state index in [0.29, 0.717) is 12.3 Å². The fourth-order valence-electron chi connectivity index (χ4n) is 1.97. The van der Waals surface area contributed by atoms with E-state index in [2.05, 4.69) is 13.5 Å². The second kappa shape index (κ2) is 2.61. The van der Waals surface area contributed by atoms with E-state index in [4.69, 9.17) is 5.11 Å². The molecule has 0 aromatic rings. The van der Waals surface area contributed by atoms with Crippen LogP contribution in [0.5, 0.6) is 0 Å². The van der Waals surface area contributed by atoms with Crippen molar-refractivity contribution in [1.29, 1.82) is 0 Å². The fraction of sp³-hybridized carbons (Fsp3) is 0.700. The highest BCUT2D eigenvalue weighted by Gasteiger charge is 2.47. The fourth-order valence-corrected chi connectivity index (χ4v) is 1.97. The van der Waals surface area contributed by atoms with Gasteiger partial charge in [0.25, 0.3) is 0 Å². The van der Waals surface area contributed by atoms with Crippen molar-refractivity contribution >= 4 is 5.97 Å². The number of allylic oxidation sites excluding steroid dienone is 1. The lowest BCUT2D eigenvalue weighted by atomic mass is 9.79. The van der Waals surface area contributed by atoms with Gasteiger partial charge in [-0.25, -0.2) is 0 Å². The molecule has 1 aliphatic rings. The Hall–Kier alpha value is -0.790. The Labute approximate surface area is 73.3 Å². The Morgan fingerprint density at radius 1 is 1.67 bits per heavy atom. The number of hydrogen-bond acceptors (Lipinski definition) is 1. The number of aliphatic carboxylic acids is 1. The van der Waals surface area contributed by atoms with Gasteiger partial charge in [-0.3, -0.25) is 4.79 Å². The van der Waals surface area contributed by atoms with Gasteiger partial charge in [-0.1, -0.05) is 26.0 Å². The first-order chi connectivity index (χ1) is 5.39. The van der Waals surface area contributed by atoms with E-state index >= 15 is 0 Å². The molecule has 0 aliphatic heterocycles. The van der Waals surface area contributed by atoms with Crippen LogP contribution in [0.2, 0.25) is 0 Å². The molecule has 0 bridgehead atoms. The molecule has 0 aromatic carbocycles. The summed E-state index contributed by atoms with van der Waals surface area (Å²) in [5.74, 6) is -0.158. The van der Waals surface area contributed by atoms with E-state index in [1.54, 1.807) is 0 Å². The van der Waals surface area contributed by atoms with Crippen molar-refractivity contribution < 1.29 is 9.90 Å². The van der Waals surface area contributed by atoms with Crippen molar-refractivity contribution in [2.45, 2.75) is 27.2 Å². The zero-order chi connectivity index (χ0) is 9.52.